The Kier molecular flexibility index (Phi) is 7.30. The van der Waals surface area contributed by atoms with E-state index in [2.05, 4.69) is 15.6 Å². The average Bonchev–Trinajstić information content (AvgIpc) is 3.33. The van der Waals surface area contributed by atoms with Crippen LogP contribution in [0.1, 0.15) is 41.4 Å². The van der Waals surface area contributed by atoms with Crippen molar-refractivity contribution in [3.8, 4) is 0 Å². The van der Waals surface area contributed by atoms with Crippen LogP contribution in [0.5, 0.6) is 0 Å². The monoisotopic (exact) mass is 495 g/mol. The van der Waals surface area contributed by atoms with Crippen LogP contribution in [0.4, 0.5) is 20.2 Å². The van der Waals surface area contributed by atoms with Gasteiger partial charge in [0, 0.05) is 49.5 Å². The molecule has 3 aromatic rings. The van der Waals surface area contributed by atoms with Crippen molar-refractivity contribution < 1.29 is 23.1 Å². The second-order valence-corrected chi connectivity index (χ2v) is 9.05. The molecule has 9 heteroatoms. The summed E-state index contributed by atoms with van der Waals surface area (Å²) in [6, 6.07) is 17.6. The topological polar surface area (TPSA) is 100 Å². The fourth-order valence-corrected chi connectivity index (χ4v) is 4.23. The number of rotatable bonds is 9. The van der Waals surface area contributed by atoms with Gasteiger partial charge in [-0.3, -0.25) is 14.4 Å². The number of aromatic nitrogens is 1. The summed E-state index contributed by atoms with van der Waals surface area (Å²) in [6.07, 6.45) is 0.315. The Morgan fingerprint density at radius 1 is 1.06 bits per heavy atom. The van der Waals surface area contributed by atoms with Gasteiger partial charge in [0.15, 0.2) is 5.78 Å². The lowest BCUT2D eigenvalue weighted by Crippen LogP contribution is -2.43. The van der Waals surface area contributed by atoms with Gasteiger partial charge in [-0.2, -0.15) is 0 Å². The minimum absolute atomic E-state index is 0.0802. The number of pyridine rings is 1. The zero-order chi connectivity index (χ0) is 25.8. The average molecular weight is 496 g/mol. The third kappa shape index (κ3) is 5.85. The summed E-state index contributed by atoms with van der Waals surface area (Å²) in [6.45, 7) is 1.56. The van der Waals surface area contributed by atoms with Gasteiger partial charge < -0.3 is 20.4 Å². The van der Waals surface area contributed by atoms with E-state index in [9.17, 15) is 23.2 Å². The highest BCUT2D eigenvalue weighted by Crippen LogP contribution is 2.35. The van der Waals surface area contributed by atoms with Crippen LogP contribution in [-0.4, -0.2) is 29.9 Å². The second-order valence-electron chi connectivity index (χ2n) is 9.05. The third-order valence-electron chi connectivity index (χ3n) is 6.24. The molecule has 1 amide bonds. The molecule has 0 bridgehead atoms. The first-order valence-corrected chi connectivity index (χ1v) is 11.6. The number of alkyl halides is 2. The lowest BCUT2D eigenvalue weighted by atomic mass is 9.80. The summed E-state index contributed by atoms with van der Waals surface area (Å²) in [5.74, 6) is -3.61. The zero-order valence-electron chi connectivity index (χ0n) is 19.8. The molecule has 1 atom stereocenters. The van der Waals surface area contributed by atoms with Crippen LogP contribution in [0.2, 0.25) is 0 Å². The highest BCUT2D eigenvalue weighted by molar-refractivity contribution is 5.98. The number of para-hydroxylation sites is 1. The first-order chi connectivity index (χ1) is 17.2. The van der Waals surface area contributed by atoms with Crippen molar-refractivity contribution in [1.82, 2.24) is 10.3 Å². The zero-order valence-corrected chi connectivity index (χ0v) is 19.8. The lowest BCUT2D eigenvalue weighted by Gasteiger charge is -2.25. The van der Waals surface area contributed by atoms with Gasteiger partial charge in [0.1, 0.15) is 0 Å². The van der Waals surface area contributed by atoms with Gasteiger partial charge in [-0.15, -0.1) is 0 Å². The summed E-state index contributed by atoms with van der Waals surface area (Å²) in [5, 5.41) is 5.90. The molecule has 2 aromatic carbocycles. The van der Waals surface area contributed by atoms with Crippen LogP contribution in [0.15, 0.2) is 71.5 Å². The molecule has 3 N–H and O–H groups in total. The number of ether oxygens (including phenoxy) is 1. The number of aromatic amines is 1. The van der Waals surface area contributed by atoms with E-state index in [4.69, 9.17) is 4.74 Å². The molecule has 1 saturated heterocycles. The SMILES string of the molecule is CC(F)(F)c1ccccc1Nc1ccc(CNC(=O)[C@]2(CC(=O)c3cccc(=O)[nH]3)CCOC2)cc1. The molecule has 0 radical (unpaired) electrons. The molecule has 7 nitrogen and oxygen atoms in total. The van der Waals surface area contributed by atoms with Gasteiger partial charge in [0.05, 0.1) is 17.7 Å². The highest BCUT2D eigenvalue weighted by Gasteiger charge is 2.44. The summed E-state index contributed by atoms with van der Waals surface area (Å²) in [7, 11) is 0. The summed E-state index contributed by atoms with van der Waals surface area (Å²) in [5.41, 5.74) is 0.415. The van der Waals surface area contributed by atoms with Crippen molar-refractivity contribution in [2.45, 2.75) is 32.2 Å². The number of H-pyrrole nitrogens is 1. The van der Waals surface area contributed by atoms with E-state index < -0.39 is 11.3 Å². The van der Waals surface area contributed by atoms with Crippen LogP contribution in [0.3, 0.4) is 0 Å². The predicted octanol–water partition coefficient (Wildman–Crippen LogP) is 4.53. The number of carbonyl (C=O) groups excluding carboxylic acids is 2. The molecule has 1 aromatic heterocycles. The Bertz CT molecular complexity index is 1290. The normalized spacial score (nSPS) is 17.5. The van der Waals surface area contributed by atoms with E-state index in [0.29, 0.717) is 24.4 Å². The van der Waals surface area contributed by atoms with E-state index >= 15 is 0 Å². The molecule has 36 heavy (non-hydrogen) atoms. The molecular formula is C27H27F2N3O4. The quantitative estimate of drug-likeness (QED) is 0.379. The van der Waals surface area contributed by atoms with Crippen molar-refractivity contribution in [3.05, 3.63) is 93.9 Å². The maximum Gasteiger partial charge on any atom is 0.272 e. The Balaban J connectivity index is 1.39. The van der Waals surface area contributed by atoms with Crippen molar-refractivity contribution in [2.24, 2.45) is 5.41 Å². The first kappa shape index (κ1) is 25.2. The molecule has 0 aliphatic carbocycles. The Hall–Kier alpha value is -3.85. The van der Waals surface area contributed by atoms with Crippen LogP contribution >= 0.6 is 0 Å². The molecule has 1 aliphatic rings. The van der Waals surface area contributed by atoms with Gasteiger partial charge in [-0.1, -0.05) is 36.4 Å². The highest BCUT2D eigenvalue weighted by atomic mass is 19.3. The molecule has 0 spiro atoms. The molecule has 4 rings (SSSR count). The standard InChI is InChI=1S/C27H27F2N3O4/c1-26(28,29)20-5-2-3-6-21(20)31-19-11-9-18(10-12-19)16-30-25(35)27(13-14-36-17-27)15-23(33)22-7-4-8-24(34)32-22/h2-12,31H,13-17H2,1H3,(H,30,35)(H,32,34)/t27-/m0/s1. The third-order valence-corrected chi connectivity index (χ3v) is 6.24. The van der Waals surface area contributed by atoms with Gasteiger partial charge in [0.25, 0.3) is 5.92 Å². The van der Waals surface area contributed by atoms with E-state index in [1.54, 1.807) is 42.5 Å². The van der Waals surface area contributed by atoms with Gasteiger partial charge in [-0.25, -0.2) is 8.78 Å². The van der Waals surface area contributed by atoms with Crippen LogP contribution in [0.25, 0.3) is 0 Å². The molecule has 1 aliphatic heterocycles. The Morgan fingerprint density at radius 2 is 1.81 bits per heavy atom. The molecular weight excluding hydrogens is 468 g/mol. The number of hydrogen-bond donors (Lipinski definition) is 3. The maximum atomic E-state index is 13.9. The van der Waals surface area contributed by atoms with E-state index in [1.807, 2.05) is 0 Å². The Labute approximate surface area is 206 Å². The number of benzene rings is 2. The largest absolute Gasteiger partial charge is 0.380 e. The van der Waals surface area contributed by atoms with E-state index in [0.717, 1.165) is 12.5 Å². The molecule has 2 heterocycles. The van der Waals surface area contributed by atoms with Crippen LogP contribution in [0, 0.1) is 5.41 Å². The van der Waals surface area contributed by atoms with Gasteiger partial charge in [-0.05, 0) is 36.2 Å². The molecule has 0 unspecified atom stereocenters. The summed E-state index contributed by atoms with van der Waals surface area (Å²) in [4.78, 5) is 39.9. The van der Waals surface area contributed by atoms with E-state index in [-0.39, 0.29) is 48.1 Å². The number of halogens is 2. The Morgan fingerprint density at radius 3 is 2.47 bits per heavy atom. The fraction of sp³-hybridized carbons (Fsp3) is 0.296. The second kappa shape index (κ2) is 10.4. The fourth-order valence-electron chi connectivity index (χ4n) is 4.23. The summed E-state index contributed by atoms with van der Waals surface area (Å²) < 4.78 is 33.2. The van der Waals surface area contributed by atoms with Gasteiger partial charge >= 0.3 is 0 Å². The number of ketones is 1. The number of amides is 1. The minimum Gasteiger partial charge on any atom is -0.380 e. The number of Topliss-reactive ketones (excluding diaryl/α,β-unsaturated/α-hetero) is 1. The van der Waals surface area contributed by atoms with Crippen LogP contribution in [-0.2, 0) is 22.0 Å². The lowest BCUT2D eigenvalue weighted by molar-refractivity contribution is -0.131. The van der Waals surface area contributed by atoms with Crippen LogP contribution < -0.4 is 16.2 Å². The summed E-state index contributed by atoms with van der Waals surface area (Å²) >= 11 is 0. The predicted molar refractivity (Wildman–Crippen MR) is 131 cm³/mol. The smallest absolute Gasteiger partial charge is 0.272 e. The molecule has 1 fully saturated rings. The number of carbonyl (C=O) groups is 2. The van der Waals surface area contributed by atoms with Crippen molar-refractivity contribution in [2.75, 3.05) is 18.5 Å². The first-order valence-electron chi connectivity index (χ1n) is 11.6. The minimum atomic E-state index is -2.98. The maximum absolute atomic E-state index is 13.9. The van der Waals surface area contributed by atoms with Crippen molar-refractivity contribution in [1.29, 1.82) is 0 Å². The number of hydrogen-bond acceptors (Lipinski definition) is 5. The molecule has 188 valence electrons. The number of anilines is 2. The van der Waals surface area contributed by atoms with Crippen molar-refractivity contribution >= 4 is 23.1 Å². The van der Waals surface area contributed by atoms with E-state index in [1.165, 1.54) is 24.3 Å². The molecule has 0 saturated carbocycles. The van der Waals surface area contributed by atoms with Gasteiger partial charge in [0.2, 0.25) is 11.5 Å². The van der Waals surface area contributed by atoms with Crippen molar-refractivity contribution in [3.63, 3.8) is 0 Å². The number of nitrogens with one attached hydrogen (secondary N) is 3.